The zero-order chi connectivity index (χ0) is 14.7. The number of halogens is 1. The first kappa shape index (κ1) is 15.8. The van der Waals surface area contributed by atoms with Crippen molar-refractivity contribution in [3.05, 3.63) is 28.2 Å². The van der Waals surface area contributed by atoms with Crippen LogP contribution in [0.4, 0.5) is 5.69 Å². The minimum Gasteiger partial charge on any atom is -0.368 e. The molecule has 0 bridgehead atoms. The number of benzene rings is 1. The Bertz CT molecular complexity index is 441. The molecule has 1 aromatic carbocycles. The van der Waals surface area contributed by atoms with Gasteiger partial charge in [0.2, 0.25) is 0 Å². The van der Waals surface area contributed by atoms with E-state index in [9.17, 15) is 0 Å². The van der Waals surface area contributed by atoms with Crippen LogP contribution in [0.15, 0.2) is 22.7 Å². The lowest BCUT2D eigenvalue weighted by Crippen LogP contribution is -2.33. The van der Waals surface area contributed by atoms with Crippen molar-refractivity contribution in [1.82, 2.24) is 5.32 Å². The molecular formula is C17H27BrN2. The monoisotopic (exact) mass is 338 g/mol. The van der Waals surface area contributed by atoms with E-state index >= 15 is 0 Å². The highest BCUT2D eigenvalue weighted by Crippen LogP contribution is 2.36. The molecular weight excluding hydrogens is 312 g/mol. The van der Waals surface area contributed by atoms with E-state index in [0.717, 1.165) is 12.5 Å². The Balaban J connectivity index is 2.17. The van der Waals surface area contributed by atoms with Crippen molar-refractivity contribution in [1.29, 1.82) is 0 Å². The number of hydrogen-bond acceptors (Lipinski definition) is 2. The quantitative estimate of drug-likeness (QED) is 0.772. The maximum absolute atomic E-state index is 3.78. The Labute approximate surface area is 132 Å². The van der Waals surface area contributed by atoms with E-state index in [4.69, 9.17) is 0 Å². The molecule has 2 nitrogen and oxygen atoms in total. The maximum atomic E-state index is 3.78. The molecule has 0 radical (unpaired) electrons. The third-order valence-electron chi connectivity index (χ3n) is 4.07. The number of rotatable bonds is 7. The Kier molecular flexibility index (Phi) is 5.50. The van der Waals surface area contributed by atoms with Gasteiger partial charge in [0.1, 0.15) is 0 Å². The van der Waals surface area contributed by atoms with E-state index < -0.39 is 0 Å². The van der Waals surface area contributed by atoms with Gasteiger partial charge < -0.3 is 10.2 Å². The lowest BCUT2D eigenvalue weighted by Gasteiger charge is -2.30. The van der Waals surface area contributed by atoms with E-state index in [1.54, 1.807) is 0 Å². The standard InChI is InChI=1S/C17H27BrN2/c1-5-19-13(4)15-8-9-17(16(18)10-15)20(12(2)3)11-14-6-7-14/h8-10,12-14,19H,5-7,11H2,1-4H3. The molecule has 1 saturated carbocycles. The van der Waals surface area contributed by atoms with Crippen LogP contribution in [0.5, 0.6) is 0 Å². The largest absolute Gasteiger partial charge is 0.368 e. The highest BCUT2D eigenvalue weighted by Gasteiger charge is 2.26. The molecule has 20 heavy (non-hydrogen) atoms. The summed E-state index contributed by atoms with van der Waals surface area (Å²) in [7, 11) is 0. The minimum atomic E-state index is 0.404. The fraction of sp³-hybridized carbons (Fsp3) is 0.647. The summed E-state index contributed by atoms with van der Waals surface area (Å²) >= 11 is 3.78. The second kappa shape index (κ2) is 6.95. The summed E-state index contributed by atoms with van der Waals surface area (Å²) in [5, 5.41) is 3.47. The van der Waals surface area contributed by atoms with Gasteiger partial charge in [-0.25, -0.2) is 0 Å². The van der Waals surface area contributed by atoms with Gasteiger partial charge in [-0.3, -0.25) is 0 Å². The van der Waals surface area contributed by atoms with E-state index in [-0.39, 0.29) is 0 Å². The first-order valence-electron chi connectivity index (χ1n) is 7.82. The van der Waals surface area contributed by atoms with Crippen molar-refractivity contribution < 1.29 is 0 Å². The molecule has 1 N–H and O–H groups in total. The molecule has 0 aliphatic heterocycles. The molecule has 0 amide bonds. The van der Waals surface area contributed by atoms with Crippen LogP contribution in [-0.2, 0) is 0 Å². The number of nitrogens with zero attached hydrogens (tertiary/aromatic N) is 1. The summed E-state index contributed by atoms with van der Waals surface area (Å²) < 4.78 is 1.22. The van der Waals surface area contributed by atoms with Gasteiger partial charge in [-0.05, 0) is 79.7 Å². The van der Waals surface area contributed by atoms with E-state index in [1.807, 2.05) is 0 Å². The summed E-state index contributed by atoms with van der Waals surface area (Å²) in [5.74, 6) is 0.907. The molecule has 3 heteroatoms. The van der Waals surface area contributed by atoms with Crippen LogP contribution >= 0.6 is 15.9 Å². The lowest BCUT2D eigenvalue weighted by atomic mass is 10.1. The normalized spacial score (nSPS) is 16.5. The van der Waals surface area contributed by atoms with Crippen LogP contribution in [0.1, 0.15) is 52.1 Å². The molecule has 0 heterocycles. The third-order valence-corrected chi connectivity index (χ3v) is 4.70. The highest BCUT2D eigenvalue weighted by atomic mass is 79.9. The Morgan fingerprint density at radius 3 is 2.50 bits per heavy atom. The first-order chi connectivity index (χ1) is 9.52. The molecule has 1 aromatic rings. The van der Waals surface area contributed by atoms with Gasteiger partial charge in [0.15, 0.2) is 0 Å². The minimum absolute atomic E-state index is 0.404. The molecule has 1 unspecified atom stereocenters. The molecule has 1 aliphatic carbocycles. The Morgan fingerprint density at radius 2 is 2.00 bits per heavy atom. The van der Waals surface area contributed by atoms with Gasteiger partial charge >= 0.3 is 0 Å². The molecule has 2 rings (SSSR count). The van der Waals surface area contributed by atoms with E-state index in [1.165, 1.54) is 35.1 Å². The van der Waals surface area contributed by atoms with Crippen molar-refractivity contribution in [3.63, 3.8) is 0 Å². The van der Waals surface area contributed by atoms with Crippen molar-refractivity contribution in [2.24, 2.45) is 5.92 Å². The summed E-state index contributed by atoms with van der Waals surface area (Å²) in [5.41, 5.74) is 2.68. The van der Waals surface area contributed by atoms with Crippen LogP contribution in [-0.4, -0.2) is 19.1 Å². The average Bonchev–Trinajstić information content (AvgIpc) is 3.20. The molecule has 0 aromatic heterocycles. The van der Waals surface area contributed by atoms with Gasteiger partial charge in [-0.2, -0.15) is 0 Å². The molecule has 1 atom stereocenters. The van der Waals surface area contributed by atoms with Crippen molar-refractivity contribution in [2.45, 2.75) is 52.6 Å². The SMILES string of the molecule is CCNC(C)c1ccc(N(CC2CC2)C(C)C)c(Br)c1. The smallest absolute Gasteiger partial charge is 0.0513 e. The van der Waals surface area contributed by atoms with Crippen LogP contribution < -0.4 is 10.2 Å². The summed E-state index contributed by atoms with van der Waals surface area (Å²) in [6.07, 6.45) is 2.80. The van der Waals surface area contributed by atoms with Crippen LogP contribution in [0.3, 0.4) is 0 Å². The topological polar surface area (TPSA) is 15.3 Å². The third kappa shape index (κ3) is 3.98. The number of nitrogens with one attached hydrogen (secondary N) is 1. The first-order valence-corrected chi connectivity index (χ1v) is 8.61. The van der Waals surface area contributed by atoms with Gasteiger partial charge in [0.25, 0.3) is 0 Å². The van der Waals surface area contributed by atoms with E-state index in [2.05, 4.69) is 72.0 Å². The van der Waals surface area contributed by atoms with Crippen molar-refractivity contribution in [3.8, 4) is 0 Å². The molecule has 1 fully saturated rings. The van der Waals surface area contributed by atoms with Crippen LogP contribution in [0, 0.1) is 5.92 Å². The summed E-state index contributed by atoms with van der Waals surface area (Å²) in [6.45, 7) is 11.1. The highest BCUT2D eigenvalue weighted by molar-refractivity contribution is 9.10. The van der Waals surface area contributed by atoms with Crippen LogP contribution in [0.25, 0.3) is 0 Å². The molecule has 112 valence electrons. The average molecular weight is 339 g/mol. The predicted molar refractivity (Wildman–Crippen MR) is 91.4 cm³/mol. The number of anilines is 1. The lowest BCUT2D eigenvalue weighted by molar-refractivity contribution is 0.597. The van der Waals surface area contributed by atoms with Gasteiger partial charge in [0.05, 0.1) is 5.69 Å². The number of hydrogen-bond donors (Lipinski definition) is 1. The second-order valence-corrected chi connectivity index (χ2v) is 7.03. The van der Waals surface area contributed by atoms with Gasteiger partial charge in [-0.1, -0.05) is 13.0 Å². The molecule has 0 spiro atoms. The predicted octanol–water partition coefficient (Wildman–Crippen LogP) is 4.74. The maximum Gasteiger partial charge on any atom is 0.0513 e. The van der Waals surface area contributed by atoms with Gasteiger partial charge in [-0.15, -0.1) is 0 Å². The molecule has 0 saturated heterocycles. The zero-order valence-electron chi connectivity index (χ0n) is 13.1. The Morgan fingerprint density at radius 1 is 1.30 bits per heavy atom. The van der Waals surface area contributed by atoms with Crippen molar-refractivity contribution in [2.75, 3.05) is 18.0 Å². The summed E-state index contributed by atoms with van der Waals surface area (Å²) in [6, 6.07) is 7.75. The van der Waals surface area contributed by atoms with E-state index in [0.29, 0.717) is 12.1 Å². The molecule has 1 aliphatic rings. The van der Waals surface area contributed by atoms with Crippen LogP contribution in [0.2, 0.25) is 0 Å². The zero-order valence-corrected chi connectivity index (χ0v) is 14.7. The fourth-order valence-electron chi connectivity index (χ4n) is 2.62. The Hall–Kier alpha value is -0.540. The summed E-state index contributed by atoms with van der Waals surface area (Å²) in [4.78, 5) is 2.53. The van der Waals surface area contributed by atoms with Crippen molar-refractivity contribution >= 4 is 21.6 Å². The van der Waals surface area contributed by atoms with Gasteiger partial charge in [0, 0.05) is 23.1 Å². The second-order valence-electron chi connectivity index (χ2n) is 6.18. The fourth-order valence-corrected chi connectivity index (χ4v) is 3.24.